The summed E-state index contributed by atoms with van der Waals surface area (Å²) in [4.78, 5) is 69.0. The fourth-order valence-electron chi connectivity index (χ4n) is 8.02. The Kier molecular flexibility index (Phi) is 22.1. The van der Waals surface area contributed by atoms with Crippen molar-refractivity contribution >= 4 is 29.0 Å². The fraction of sp³-hybridized carbons (Fsp3) is 0.241. The molecule has 0 saturated carbocycles. The summed E-state index contributed by atoms with van der Waals surface area (Å²) in [6, 6.07) is 37.1. The number of pyridine rings is 2. The second kappa shape index (κ2) is 28.8. The number of ether oxygens (including phenoxy) is 4. The highest BCUT2D eigenvalue weighted by Crippen LogP contribution is 2.18. The van der Waals surface area contributed by atoms with Gasteiger partial charge in [0.2, 0.25) is 5.95 Å². The molecule has 6 heterocycles. The Morgan fingerprint density at radius 1 is 0.481 bits per heavy atom. The molecular formula is C58H68N12O8S. The third kappa shape index (κ3) is 14.8. The lowest BCUT2D eigenvalue weighted by molar-refractivity contribution is 0.414. The van der Waals surface area contributed by atoms with Crippen LogP contribution in [-0.2, 0) is 39.3 Å². The minimum absolute atomic E-state index is 0. The van der Waals surface area contributed by atoms with Crippen LogP contribution in [0.25, 0.3) is 11.3 Å². The van der Waals surface area contributed by atoms with Crippen molar-refractivity contribution < 1.29 is 18.9 Å². The van der Waals surface area contributed by atoms with Gasteiger partial charge in [-0.3, -0.25) is 9.13 Å². The SMILES string of the molecule is C.C.C.COc1ccc(Cn2c(NCc3cccn4ccnc34)nc(=O)n(Cc3ccc(OC)cc3)c2=O)cc1.COc1ccc(Cn2c(SC)nc(=O)n(Cc3ccc(OC)cc3)c2=O)cc1.NCc1cccn2ccnc12. The van der Waals surface area contributed by atoms with E-state index in [1.165, 1.54) is 20.9 Å². The van der Waals surface area contributed by atoms with Gasteiger partial charge in [-0.15, -0.1) is 0 Å². The van der Waals surface area contributed by atoms with Gasteiger partial charge < -0.3 is 38.8 Å². The number of methoxy groups -OCH3 is 4. The van der Waals surface area contributed by atoms with Crippen molar-refractivity contribution in [2.75, 3.05) is 40.0 Å². The van der Waals surface area contributed by atoms with Crippen molar-refractivity contribution in [1.29, 1.82) is 0 Å². The van der Waals surface area contributed by atoms with E-state index < -0.39 is 22.8 Å². The van der Waals surface area contributed by atoms with Gasteiger partial charge in [-0.05, 0) is 89.2 Å². The van der Waals surface area contributed by atoms with Crippen LogP contribution in [0.3, 0.4) is 0 Å². The zero-order valence-corrected chi connectivity index (χ0v) is 43.3. The molecule has 0 aliphatic heterocycles. The van der Waals surface area contributed by atoms with Gasteiger partial charge in [0.15, 0.2) is 5.16 Å². The largest absolute Gasteiger partial charge is 0.497 e. The molecule has 6 aromatic heterocycles. The normalized spacial score (nSPS) is 10.4. The number of anilines is 1. The van der Waals surface area contributed by atoms with Crippen LogP contribution in [0, 0.1) is 0 Å². The van der Waals surface area contributed by atoms with Gasteiger partial charge in [0.05, 0.1) is 54.6 Å². The smallest absolute Gasteiger partial charge is 0.355 e. The molecule has 0 bridgehead atoms. The van der Waals surface area contributed by atoms with Gasteiger partial charge in [-0.2, -0.15) is 9.97 Å². The molecule has 0 radical (unpaired) electrons. The highest BCUT2D eigenvalue weighted by atomic mass is 32.2. The number of nitrogens with one attached hydrogen (secondary N) is 1. The first-order valence-corrected chi connectivity index (χ1v) is 25.0. The van der Waals surface area contributed by atoms with Crippen LogP contribution in [0.2, 0.25) is 0 Å². The highest BCUT2D eigenvalue weighted by molar-refractivity contribution is 7.98. The minimum atomic E-state index is -0.631. The van der Waals surface area contributed by atoms with Crippen molar-refractivity contribution in [3.8, 4) is 23.0 Å². The van der Waals surface area contributed by atoms with E-state index in [0.717, 1.165) is 59.6 Å². The molecular weight excluding hydrogens is 1020 g/mol. The number of nitrogens with two attached hydrogens (primary N) is 1. The van der Waals surface area contributed by atoms with E-state index in [1.54, 1.807) is 71.4 Å². The first-order chi connectivity index (χ1) is 37.0. The fourth-order valence-corrected chi connectivity index (χ4v) is 8.56. The molecule has 0 spiro atoms. The summed E-state index contributed by atoms with van der Waals surface area (Å²) in [5, 5.41) is 3.57. The van der Waals surface area contributed by atoms with Crippen LogP contribution >= 0.6 is 11.8 Å². The third-order valence-electron chi connectivity index (χ3n) is 12.1. The van der Waals surface area contributed by atoms with Crippen LogP contribution in [0.15, 0.2) is 183 Å². The van der Waals surface area contributed by atoms with Gasteiger partial charge >= 0.3 is 22.8 Å². The average molecular weight is 1090 g/mol. The predicted molar refractivity (Wildman–Crippen MR) is 311 cm³/mol. The standard InChI is InChI=1S/C27H26N6O4.C20H21N3O4S.C8H9N3.3CH4/c1-36-22-9-5-19(6-10-22)17-32-25(29-16-21-4-3-14-31-15-13-28-24(21)31)30-26(34)33(27(32)35)18-20-7-11-23(37-2)12-8-20;1-26-16-8-4-14(5-9-16)12-22-18(24)21-19(28-3)23(20(22)25)13-15-6-10-17(27-2)11-7-15;9-6-7-2-1-4-11-5-3-10-8(7)11;;;/h3-15H,16-18H2,1-2H3,(H,29,30,34);4-11H,12-13H2,1-3H3;1-5H,6,9H2;3*1H4. The van der Waals surface area contributed by atoms with Crippen molar-refractivity contribution in [1.82, 2.24) is 47.0 Å². The number of fused-ring (bicyclic) bond motifs is 2. The molecule has 0 aliphatic rings. The molecule has 0 fully saturated rings. The molecule has 10 aromatic rings. The van der Waals surface area contributed by atoms with Crippen molar-refractivity contribution in [2.45, 2.75) is 66.7 Å². The van der Waals surface area contributed by atoms with Crippen LogP contribution in [0.4, 0.5) is 5.95 Å². The van der Waals surface area contributed by atoms with E-state index in [9.17, 15) is 19.2 Å². The summed E-state index contributed by atoms with van der Waals surface area (Å²) in [7, 11) is 6.37. The van der Waals surface area contributed by atoms with Crippen LogP contribution in [0.5, 0.6) is 23.0 Å². The Balaban J connectivity index is 0.000000241. The van der Waals surface area contributed by atoms with Crippen LogP contribution < -0.4 is 52.8 Å². The maximum Gasteiger partial charge on any atom is 0.355 e. The van der Waals surface area contributed by atoms with Gasteiger partial charge in [0.1, 0.15) is 34.3 Å². The molecule has 414 valence electrons. The summed E-state index contributed by atoms with van der Waals surface area (Å²) in [6.07, 6.45) is 12.9. The maximum atomic E-state index is 13.6. The molecule has 0 atom stereocenters. The Hall–Kier alpha value is -9.21. The summed E-state index contributed by atoms with van der Waals surface area (Å²) < 4.78 is 29.9. The predicted octanol–water partition coefficient (Wildman–Crippen LogP) is 7.72. The van der Waals surface area contributed by atoms with Crippen molar-refractivity contribution in [2.24, 2.45) is 5.73 Å². The number of hydrogen-bond donors (Lipinski definition) is 2. The molecule has 10 rings (SSSR count). The molecule has 21 heteroatoms. The summed E-state index contributed by atoms with van der Waals surface area (Å²) in [6.45, 7) is 1.64. The topological polar surface area (TPSA) is 223 Å². The van der Waals surface area contributed by atoms with E-state index in [1.807, 2.05) is 131 Å². The Morgan fingerprint density at radius 2 is 0.848 bits per heavy atom. The molecule has 0 amide bonds. The number of imidazole rings is 2. The Morgan fingerprint density at radius 3 is 1.25 bits per heavy atom. The second-order valence-electron chi connectivity index (χ2n) is 16.8. The van der Waals surface area contributed by atoms with Gasteiger partial charge in [-0.25, -0.2) is 38.3 Å². The molecule has 3 N–H and O–H groups in total. The third-order valence-corrected chi connectivity index (χ3v) is 12.8. The van der Waals surface area contributed by atoms with E-state index in [0.29, 0.717) is 42.0 Å². The zero-order valence-electron chi connectivity index (χ0n) is 42.5. The number of aromatic nitrogens is 10. The minimum Gasteiger partial charge on any atom is -0.497 e. The number of thioether (sulfide) groups is 1. The first-order valence-electron chi connectivity index (χ1n) is 23.8. The molecule has 4 aromatic carbocycles. The second-order valence-corrected chi connectivity index (χ2v) is 17.6. The highest BCUT2D eigenvalue weighted by Gasteiger charge is 2.17. The monoisotopic (exact) mass is 1090 g/mol. The Bertz CT molecular complexity index is 3780. The quantitative estimate of drug-likeness (QED) is 0.0833. The first kappa shape index (κ1) is 60.7. The van der Waals surface area contributed by atoms with Gasteiger partial charge in [0.25, 0.3) is 0 Å². The van der Waals surface area contributed by atoms with Crippen LogP contribution in [0.1, 0.15) is 55.7 Å². The zero-order chi connectivity index (χ0) is 53.6. The molecule has 0 unspecified atom stereocenters. The molecule has 0 saturated heterocycles. The molecule has 20 nitrogen and oxygen atoms in total. The lowest BCUT2D eigenvalue weighted by atomic mass is 10.2. The van der Waals surface area contributed by atoms with Crippen LogP contribution in [-0.4, -0.2) is 81.7 Å². The van der Waals surface area contributed by atoms with E-state index in [-0.39, 0.29) is 47.9 Å². The summed E-state index contributed by atoms with van der Waals surface area (Å²) in [5.74, 6) is 3.04. The summed E-state index contributed by atoms with van der Waals surface area (Å²) in [5.41, 5.74) is 10.6. The van der Waals surface area contributed by atoms with Crippen molar-refractivity contribution in [3.05, 3.63) is 234 Å². The number of benzene rings is 4. The number of nitrogens with zero attached hydrogens (tertiary/aromatic N) is 10. The molecule has 0 aliphatic carbocycles. The number of hydrogen-bond acceptors (Lipinski definition) is 15. The Labute approximate surface area is 462 Å². The van der Waals surface area contributed by atoms with E-state index >= 15 is 0 Å². The van der Waals surface area contributed by atoms with Crippen molar-refractivity contribution in [3.63, 3.8) is 0 Å². The average Bonchev–Trinajstić information content (AvgIpc) is 4.20. The van der Waals surface area contributed by atoms with Gasteiger partial charge in [-0.1, -0.05) is 94.7 Å². The molecule has 79 heavy (non-hydrogen) atoms. The van der Waals surface area contributed by atoms with Gasteiger partial charge in [0, 0.05) is 61.4 Å². The number of rotatable bonds is 17. The lowest BCUT2D eigenvalue weighted by Gasteiger charge is -2.16. The summed E-state index contributed by atoms with van der Waals surface area (Å²) >= 11 is 1.27. The maximum absolute atomic E-state index is 13.6. The van der Waals surface area contributed by atoms with E-state index in [2.05, 4.69) is 25.3 Å². The lowest BCUT2D eigenvalue weighted by Crippen LogP contribution is -2.43. The van der Waals surface area contributed by atoms with E-state index in [4.69, 9.17) is 24.7 Å².